The summed E-state index contributed by atoms with van der Waals surface area (Å²) < 4.78 is 4.81. The van der Waals surface area contributed by atoms with E-state index in [-0.39, 0.29) is 15.3 Å². The molecule has 0 aromatic heterocycles. The molecule has 0 saturated heterocycles. The Bertz CT molecular complexity index is 521. The van der Waals surface area contributed by atoms with Crippen molar-refractivity contribution >= 4 is 34.3 Å². The molecule has 20 heavy (non-hydrogen) atoms. The number of alkyl halides is 1. The molecule has 0 aromatic carbocycles. The first-order chi connectivity index (χ1) is 9.56. The topological polar surface area (TPSA) is 75.6 Å². The minimum absolute atomic E-state index is 0.00259. The maximum atomic E-state index is 12.3. The van der Waals surface area contributed by atoms with Crippen molar-refractivity contribution in [1.82, 2.24) is 5.32 Å². The number of hydrogen-bond acceptors (Lipinski definition) is 5. The number of rotatable bonds is 4. The van der Waals surface area contributed by atoms with Crippen LogP contribution in [0.2, 0.25) is 0 Å². The van der Waals surface area contributed by atoms with Crippen molar-refractivity contribution in [3.63, 3.8) is 0 Å². The lowest BCUT2D eigenvalue weighted by Crippen LogP contribution is -2.46. The highest BCUT2D eigenvalue weighted by atomic mass is 127. The second kappa shape index (κ2) is 6.43. The van der Waals surface area contributed by atoms with Crippen molar-refractivity contribution < 1.29 is 19.4 Å². The number of esters is 1. The number of nitrogens with one attached hydrogen (secondary N) is 1. The number of aliphatic hydroxyl groups excluding tert-OH is 1. The highest BCUT2D eigenvalue weighted by Crippen LogP contribution is 2.30. The Labute approximate surface area is 130 Å². The van der Waals surface area contributed by atoms with Gasteiger partial charge in [0.25, 0.3) is 0 Å². The molecule has 0 radical (unpaired) electrons. The van der Waals surface area contributed by atoms with Crippen molar-refractivity contribution in [2.75, 3.05) is 6.61 Å². The Morgan fingerprint density at radius 2 is 2.30 bits per heavy atom. The zero-order valence-corrected chi connectivity index (χ0v) is 13.2. The summed E-state index contributed by atoms with van der Waals surface area (Å²) in [5, 5.41) is 12.8. The standard InChI is InChI=1S/C14H16INO4/c1-2-3-6-20-14(19)11-13(18)10-8(7-16-11)4-5-9(15)12(10)17/h4-5,7,9,11,16-17H,2-3,6H2,1H3. The number of aliphatic hydroxyl groups is 1. The van der Waals surface area contributed by atoms with Gasteiger partial charge in [-0.2, -0.15) is 0 Å². The molecule has 2 aliphatic rings. The summed E-state index contributed by atoms with van der Waals surface area (Å²) in [7, 11) is 0. The molecular weight excluding hydrogens is 373 g/mol. The maximum Gasteiger partial charge on any atom is 0.336 e. The number of ketones is 1. The Kier molecular flexibility index (Phi) is 4.85. The number of ether oxygens (including phenoxy) is 1. The number of fused-ring (bicyclic) bond motifs is 1. The predicted octanol–water partition coefficient (Wildman–Crippen LogP) is 1.94. The fourth-order valence-corrected chi connectivity index (χ4v) is 2.52. The van der Waals surface area contributed by atoms with Crippen molar-refractivity contribution in [2.24, 2.45) is 0 Å². The van der Waals surface area contributed by atoms with Crippen LogP contribution in [-0.2, 0) is 14.3 Å². The largest absolute Gasteiger partial charge is 0.510 e. The van der Waals surface area contributed by atoms with E-state index >= 15 is 0 Å². The SMILES string of the molecule is CCCCOC(=O)C1NC=C2C=CC(I)C(O)=C2C1=O. The lowest BCUT2D eigenvalue weighted by Gasteiger charge is -2.26. The maximum absolute atomic E-state index is 12.3. The number of Topliss-reactive ketones (excluding diaryl/α,β-unsaturated/α-hetero) is 1. The van der Waals surface area contributed by atoms with Crippen molar-refractivity contribution in [3.8, 4) is 0 Å². The molecule has 2 rings (SSSR count). The molecule has 0 amide bonds. The minimum Gasteiger partial charge on any atom is -0.510 e. The molecule has 1 heterocycles. The van der Waals surface area contributed by atoms with Crippen molar-refractivity contribution in [3.05, 3.63) is 35.3 Å². The van der Waals surface area contributed by atoms with Crippen LogP contribution in [0.5, 0.6) is 0 Å². The first kappa shape index (κ1) is 15.1. The predicted molar refractivity (Wildman–Crippen MR) is 82.5 cm³/mol. The first-order valence-corrected chi connectivity index (χ1v) is 7.73. The number of halogens is 1. The number of allylic oxidation sites excluding steroid dienone is 3. The second-order valence-corrected chi connectivity index (χ2v) is 5.95. The first-order valence-electron chi connectivity index (χ1n) is 6.49. The van der Waals surface area contributed by atoms with Crippen LogP contribution in [-0.4, -0.2) is 33.4 Å². The molecular formula is C14H16INO4. The summed E-state index contributed by atoms with van der Waals surface area (Å²) in [5.41, 5.74) is 0.807. The Morgan fingerprint density at radius 3 is 3.00 bits per heavy atom. The molecule has 0 bridgehead atoms. The van der Waals surface area contributed by atoms with E-state index in [9.17, 15) is 14.7 Å². The lowest BCUT2D eigenvalue weighted by atomic mass is 9.89. The zero-order valence-electron chi connectivity index (χ0n) is 11.1. The third-order valence-corrected chi connectivity index (χ3v) is 4.15. The average molecular weight is 389 g/mol. The van der Waals surface area contributed by atoms with E-state index in [1.807, 2.05) is 29.5 Å². The summed E-state index contributed by atoms with van der Waals surface area (Å²) in [6, 6.07) is -1.07. The van der Waals surface area contributed by atoms with Gasteiger partial charge in [0.15, 0.2) is 6.04 Å². The highest BCUT2D eigenvalue weighted by Gasteiger charge is 2.37. The van der Waals surface area contributed by atoms with Gasteiger partial charge in [-0.05, 0) is 6.42 Å². The number of carbonyl (C=O) groups is 2. The van der Waals surface area contributed by atoms with E-state index < -0.39 is 17.8 Å². The molecule has 2 unspecified atom stereocenters. The van der Waals surface area contributed by atoms with Gasteiger partial charge in [0.05, 0.1) is 16.1 Å². The summed E-state index contributed by atoms with van der Waals surface area (Å²) in [6.07, 6.45) is 6.80. The van der Waals surface area contributed by atoms with Crippen LogP contribution in [0.15, 0.2) is 35.3 Å². The molecule has 6 heteroatoms. The van der Waals surface area contributed by atoms with Gasteiger partial charge in [-0.15, -0.1) is 0 Å². The van der Waals surface area contributed by atoms with E-state index in [0.717, 1.165) is 12.8 Å². The van der Waals surface area contributed by atoms with Crippen LogP contribution < -0.4 is 5.32 Å². The Hall–Kier alpha value is -1.31. The van der Waals surface area contributed by atoms with E-state index in [4.69, 9.17) is 4.74 Å². The molecule has 0 fully saturated rings. The third kappa shape index (κ3) is 2.89. The van der Waals surface area contributed by atoms with Gasteiger partial charge < -0.3 is 15.2 Å². The Balaban J connectivity index is 2.17. The minimum atomic E-state index is -1.07. The van der Waals surface area contributed by atoms with Crippen LogP contribution >= 0.6 is 22.6 Å². The number of unbranched alkanes of at least 4 members (excludes halogenated alkanes) is 1. The van der Waals surface area contributed by atoms with E-state index in [0.29, 0.717) is 12.2 Å². The molecule has 5 nitrogen and oxygen atoms in total. The molecule has 1 aliphatic carbocycles. The van der Waals surface area contributed by atoms with Crippen LogP contribution in [0.1, 0.15) is 19.8 Å². The normalized spacial score (nSPS) is 24.9. The fraction of sp³-hybridized carbons (Fsp3) is 0.429. The summed E-state index contributed by atoms with van der Waals surface area (Å²) in [4.78, 5) is 24.2. The third-order valence-electron chi connectivity index (χ3n) is 3.14. The quantitative estimate of drug-likeness (QED) is 0.253. The fourth-order valence-electron chi connectivity index (χ4n) is 2.01. The van der Waals surface area contributed by atoms with Gasteiger partial charge in [0.2, 0.25) is 5.78 Å². The zero-order chi connectivity index (χ0) is 14.7. The monoisotopic (exact) mass is 389 g/mol. The van der Waals surface area contributed by atoms with Crippen LogP contribution in [0.3, 0.4) is 0 Å². The van der Waals surface area contributed by atoms with E-state index in [1.165, 1.54) is 0 Å². The molecule has 1 aliphatic heterocycles. The number of hydrogen-bond donors (Lipinski definition) is 2. The van der Waals surface area contributed by atoms with Gasteiger partial charge >= 0.3 is 5.97 Å². The van der Waals surface area contributed by atoms with Gasteiger partial charge in [0, 0.05) is 11.8 Å². The summed E-state index contributed by atoms with van der Waals surface area (Å²) in [6.45, 7) is 2.29. The smallest absolute Gasteiger partial charge is 0.336 e. The number of carbonyl (C=O) groups excluding carboxylic acids is 2. The van der Waals surface area contributed by atoms with Gasteiger partial charge in [-0.25, -0.2) is 4.79 Å². The van der Waals surface area contributed by atoms with Gasteiger partial charge in [0.1, 0.15) is 5.76 Å². The average Bonchev–Trinajstić information content (AvgIpc) is 2.43. The van der Waals surface area contributed by atoms with Crippen molar-refractivity contribution in [1.29, 1.82) is 0 Å². The summed E-state index contributed by atoms with van der Waals surface area (Å²) >= 11 is 2.02. The highest BCUT2D eigenvalue weighted by molar-refractivity contribution is 14.1. The van der Waals surface area contributed by atoms with Crippen molar-refractivity contribution in [2.45, 2.75) is 29.7 Å². The molecule has 108 valence electrons. The van der Waals surface area contributed by atoms with E-state index in [1.54, 1.807) is 18.4 Å². The summed E-state index contributed by atoms with van der Waals surface area (Å²) in [5.74, 6) is -1.04. The lowest BCUT2D eigenvalue weighted by molar-refractivity contribution is -0.148. The van der Waals surface area contributed by atoms with Gasteiger partial charge in [-0.1, -0.05) is 48.1 Å². The van der Waals surface area contributed by atoms with Crippen LogP contribution in [0, 0.1) is 0 Å². The molecule has 2 atom stereocenters. The molecule has 2 N–H and O–H groups in total. The van der Waals surface area contributed by atoms with Crippen LogP contribution in [0.4, 0.5) is 0 Å². The Morgan fingerprint density at radius 1 is 1.55 bits per heavy atom. The molecule has 0 saturated carbocycles. The molecule has 0 spiro atoms. The van der Waals surface area contributed by atoms with Gasteiger partial charge in [-0.3, -0.25) is 4.79 Å². The van der Waals surface area contributed by atoms with Crippen LogP contribution in [0.25, 0.3) is 0 Å². The second-order valence-electron chi connectivity index (χ2n) is 4.61. The molecule has 0 aromatic rings. The van der Waals surface area contributed by atoms with E-state index in [2.05, 4.69) is 5.32 Å².